The first-order valence-corrected chi connectivity index (χ1v) is 10.9. The lowest BCUT2D eigenvalue weighted by Gasteiger charge is -2.29. The minimum absolute atomic E-state index is 0.0693. The molecular formula is C21H30N4O2S. The summed E-state index contributed by atoms with van der Waals surface area (Å²) in [6.45, 7) is 6.67. The van der Waals surface area contributed by atoms with E-state index in [-0.39, 0.29) is 5.91 Å². The van der Waals surface area contributed by atoms with Gasteiger partial charge >= 0.3 is 0 Å². The molecular weight excluding hydrogens is 372 g/mol. The second-order valence-electron chi connectivity index (χ2n) is 7.74. The molecule has 3 rings (SSSR count). The number of carbonyl (C=O) groups is 1. The number of aromatic nitrogens is 3. The van der Waals surface area contributed by atoms with E-state index >= 15 is 0 Å². The Kier molecular flexibility index (Phi) is 6.99. The monoisotopic (exact) mass is 402 g/mol. The van der Waals surface area contributed by atoms with Crippen LogP contribution in [0.5, 0.6) is 5.75 Å². The van der Waals surface area contributed by atoms with Crippen LogP contribution in [0.3, 0.4) is 0 Å². The van der Waals surface area contributed by atoms with Crippen molar-refractivity contribution in [2.75, 3.05) is 5.75 Å². The van der Waals surface area contributed by atoms with Crippen LogP contribution < -0.4 is 10.1 Å². The Hall–Kier alpha value is -2.02. The molecule has 1 aromatic carbocycles. The normalized spacial score (nSPS) is 19.4. The van der Waals surface area contributed by atoms with Gasteiger partial charge in [-0.25, -0.2) is 0 Å². The maximum Gasteiger partial charge on any atom is 0.230 e. The van der Waals surface area contributed by atoms with Crippen LogP contribution in [0, 0.1) is 19.8 Å². The van der Waals surface area contributed by atoms with E-state index in [0.29, 0.717) is 24.3 Å². The molecule has 0 unspecified atom stereocenters. The van der Waals surface area contributed by atoms with Crippen LogP contribution in [-0.2, 0) is 18.4 Å². The van der Waals surface area contributed by atoms with Gasteiger partial charge < -0.3 is 14.6 Å². The van der Waals surface area contributed by atoms with E-state index in [9.17, 15) is 4.79 Å². The van der Waals surface area contributed by atoms with Gasteiger partial charge in [0.15, 0.2) is 11.0 Å². The summed E-state index contributed by atoms with van der Waals surface area (Å²) in [5, 5.41) is 12.3. The third kappa shape index (κ3) is 5.28. The summed E-state index contributed by atoms with van der Waals surface area (Å²) in [6, 6.07) is 6.42. The highest BCUT2D eigenvalue weighted by atomic mass is 32.2. The molecule has 28 heavy (non-hydrogen) atoms. The van der Waals surface area contributed by atoms with E-state index in [1.807, 2.05) is 30.7 Å². The van der Waals surface area contributed by atoms with Crippen molar-refractivity contribution in [1.29, 1.82) is 0 Å². The number of nitrogens with zero attached hydrogens (tertiary/aromatic N) is 3. The molecule has 2 atom stereocenters. The van der Waals surface area contributed by atoms with Crippen LogP contribution in [-0.4, -0.2) is 32.5 Å². The average Bonchev–Trinajstić information content (AvgIpc) is 3.01. The van der Waals surface area contributed by atoms with Gasteiger partial charge in [0.05, 0.1) is 5.75 Å². The summed E-state index contributed by atoms with van der Waals surface area (Å²) >= 11 is 1.41. The molecule has 1 aromatic heterocycles. The topological polar surface area (TPSA) is 69.0 Å². The molecule has 0 radical (unpaired) electrons. The number of amides is 1. The van der Waals surface area contributed by atoms with Gasteiger partial charge in [-0.05, 0) is 44.2 Å². The third-order valence-electron chi connectivity index (χ3n) is 5.40. The summed E-state index contributed by atoms with van der Waals surface area (Å²) in [5.41, 5.74) is 2.31. The molecule has 1 saturated carbocycles. The molecule has 2 aromatic rings. The Morgan fingerprint density at radius 2 is 2.07 bits per heavy atom. The Labute approximate surface area is 171 Å². The first-order valence-electron chi connectivity index (χ1n) is 9.94. The molecule has 0 saturated heterocycles. The number of hydrogen-bond donors (Lipinski definition) is 1. The largest absolute Gasteiger partial charge is 0.485 e. The van der Waals surface area contributed by atoms with E-state index in [1.54, 1.807) is 0 Å². The van der Waals surface area contributed by atoms with Crippen molar-refractivity contribution >= 4 is 17.7 Å². The van der Waals surface area contributed by atoms with Gasteiger partial charge in [-0.3, -0.25) is 4.79 Å². The Bertz CT molecular complexity index is 821. The molecule has 1 fully saturated rings. The summed E-state index contributed by atoms with van der Waals surface area (Å²) < 4.78 is 7.79. The highest BCUT2D eigenvalue weighted by Gasteiger charge is 2.23. The van der Waals surface area contributed by atoms with Crippen LogP contribution in [0.4, 0.5) is 0 Å². The van der Waals surface area contributed by atoms with Gasteiger partial charge in [0.2, 0.25) is 5.91 Å². The molecule has 0 aliphatic heterocycles. The van der Waals surface area contributed by atoms with E-state index in [0.717, 1.165) is 28.7 Å². The van der Waals surface area contributed by atoms with E-state index < -0.39 is 0 Å². The standard InChI is InChI=1S/C21H30N4O2S/c1-14-9-10-18(16(3)11-14)27-12-19-23-24-21(25(19)4)28-13-20(26)22-17-8-6-5-7-15(17)2/h9-11,15,17H,5-8,12-13H2,1-4H3,(H,22,26)/t15-,17-/m1/s1. The number of carbonyl (C=O) groups excluding carboxylic acids is 1. The minimum atomic E-state index is 0.0693. The fraction of sp³-hybridized carbons (Fsp3) is 0.571. The van der Waals surface area contributed by atoms with Crippen molar-refractivity contribution < 1.29 is 9.53 Å². The fourth-order valence-electron chi connectivity index (χ4n) is 3.61. The lowest BCUT2D eigenvalue weighted by molar-refractivity contribution is -0.119. The highest BCUT2D eigenvalue weighted by molar-refractivity contribution is 7.99. The van der Waals surface area contributed by atoms with Crippen LogP contribution in [0.15, 0.2) is 23.4 Å². The van der Waals surface area contributed by atoms with Crippen molar-refractivity contribution in [1.82, 2.24) is 20.1 Å². The summed E-state index contributed by atoms with van der Waals surface area (Å²) in [5.74, 6) is 2.58. The van der Waals surface area contributed by atoms with Crippen molar-refractivity contribution in [3.8, 4) is 5.75 Å². The summed E-state index contributed by atoms with van der Waals surface area (Å²) in [6.07, 6.45) is 4.76. The Balaban J connectivity index is 1.50. The predicted molar refractivity (Wildman–Crippen MR) is 112 cm³/mol. The second-order valence-corrected chi connectivity index (χ2v) is 8.68. The Morgan fingerprint density at radius 1 is 1.29 bits per heavy atom. The van der Waals surface area contributed by atoms with E-state index in [1.165, 1.54) is 36.6 Å². The zero-order valence-corrected chi connectivity index (χ0v) is 18.0. The van der Waals surface area contributed by atoms with Gasteiger partial charge in [-0.15, -0.1) is 10.2 Å². The molecule has 7 heteroatoms. The molecule has 1 heterocycles. The first kappa shape index (κ1) is 20.7. The zero-order chi connectivity index (χ0) is 20.1. The maximum absolute atomic E-state index is 12.3. The van der Waals surface area contributed by atoms with Gasteiger partial charge in [-0.1, -0.05) is 49.2 Å². The molecule has 1 amide bonds. The van der Waals surface area contributed by atoms with Gasteiger partial charge in [-0.2, -0.15) is 0 Å². The third-order valence-corrected chi connectivity index (χ3v) is 6.42. The molecule has 1 N–H and O–H groups in total. The average molecular weight is 403 g/mol. The lowest BCUT2D eigenvalue weighted by atomic mass is 9.86. The molecule has 0 bridgehead atoms. The highest BCUT2D eigenvalue weighted by Crippen LogP contribution is 2.24. The van der Waals surface area contributed by atoms with E-state index in [4.69, 9.17) is 4.74 Å². The minimum Gasteiger partial charge on any atom is -0.485 e. The van der Waals surface area contributed by atoms with Crippen molar-refractivity contribution in [2.24, 2.45) is 13.0 Å². The molecule has 6 nitrogen and oxygen atoms in total. The number of thioether (sulfide) groups is 1. The maximum atomic E-state index is 12.3. The molecule has 1 aliphatic rings. The van der Waals surface area contributed by atoms with Crippen molar-refractivity contribution in [3.05, 3.63) is 35.2 Å². The number of aryl methyl sites for hydroxylation is 2. The quantitative estimate of drug-likeness (QED) is 0.714. The summed E-state index contributed by atoms with van der Waals surface area (Å²) in [7, 11) is 1.91. The number of nitrogens with one attached hydrogen (secondary N) is 1. The first-order chi connectivity index (χ1) is 13.4. The van der Waals surface area contributed by atoms with Crippen molar-refractivity contribution in [2.45, 2.75) is 64.3 Å². The van der Waals surface area contributed by atoms with Crippen molar-refractivity contribution in [3.63, 3.8) is 0 Å². The van der Waals surface area contributed by atoms with Gasteiger partial charge in [0, 0.05) is 13.1 Å². The molecule has 1 aliphatic carbocycles. The smallest absolute Gasteiger partial charge is 0.230 e. The van der Waals surface area contributed by atoms with Gasteiger partial charge in [0.1, 0.15) is 12.4 Å². The number of rotatable bonds is 7. The number of hydrogen-bond acceptors (Lipinski definition) is 5. The van der Waals surface area contributed by atoms with Crippen LogP contribution in [0.25, 0.3) is 0 Å². The molecule has 152 valence electrons. The second kappa shape index (κ2) is 9.45. The van der Waals surface area contributed by atoms with Gasteiger partial charge in [0.25, 0.3) is 0 Å². The fourth-order valence-corrected chi connectivity index (χ4v) is 4.35. The lowest BCUT2D eigenvalue weighted by Crippen LogP contribution is -2.41. The van der Waals surface area contributed by atoms with E-state index in [2.05, 4.69) is 35.4 Å². The van der Waals surface area contributed by atoms with Crippen LogP contribution in [0.2, 0.25) is 0 Å². The Morgan fingerprint density at radius 3 is 2.82 bits per heavy atom. The zero-order valence-electron chi connectivity index (χ0n) is 17.2. The number of benzene rings is 1. The van der Waals surface area contributed by atoms with Crippen LogP contribution in [0.1, 0.15) is 49.6 Å². The predicted octanol–water partition coefficient (Wildman–Crippen LogP) is 3.80. The van der Waals surface area contributed by atoms with Crippen LogP contribution >= 0.6 is 11.8 Å². The summed E-state index contributed by atoms with van der Waals surface area (Å²) in [4.78, 5) is 12.3. The SMILES string of the molecule is Cc1ccc(OCc2nnc(SCC(=O)N[C@@H]3CCCC[C@H]3C)n2C)c(C)c1. The molecule has 0 spiro atoms. The number of ether oxygens (including phenoxy) is 1.